The first-order valence-electron chi connectivity index (χ1n) is 7.97. The van der Waals surface area contributed by atoms with Crippen LogP contribution in [0.25, 0.3) is 11.0 Å². The highest BCUT2D eigenvalue weighted by atomic mass is 16.5. The van der Waals surface area contributed by atoms with Gasteiger partial charge in [0.1, 0.15) is 17.2 Å². The Hall–Kier alpha value is -2.83. The van der Waals surface area contributed by atoms with Crippen molar-refractivity contribution < 1.29 is 4.74 Å². The molecule has 0 aliphatic carbocycles. The van der Waals surface area contributed by atoms with Crippen molar-refractivity contribution in [3.63, 3.8) is 0 Å². The number of hydrogen-bond acceptors (Lipinski definition) is 5. The third kappa shape index (κ3) is 3.56. The van der Waals surface area contributed by atoms with E-state index >= 15 is 0 Å². The molecule has 1 aromatic carbocycles. The van der Waals surface area contributed by atoms with E-state index in [1.54, 1.807) is 0 Å². The van der Waals surface area contributed by atoms with Crippen molar-refractivity contribution >= 4 is 17.0 Å². The minimum atomic E-state index is -0.228. The molecule has 2 aromatic heterocycles. The lowest BCUT2D eigenvalue weighted by Gasteiger charge is -2.16. The summed E-state index contributed by atoms with van der Waals surface area (Å²) in [4.78, 5) is 18.8. The summed E-state index contributed by atoms with van der Waals surface area (Å²) < 4.78 is 5.87. The molecule has 0 amide bonds. The molecule has 0 aliphatic rings. The van der Waals surface area contributed by atoms with Gasteiger partial charge in [-0.25, -0.2) is 0 Å². The Morgan fingerprint density at radius 2 is 1.96 bits per heavy atom. The van der Waals surface area contributed by atoms with Gasteiger partial charge in [0, 0.05) is 0 Å². The standard InChI is InChI=1S/C17H21N5O2/c1-10(2)12-4-6-13(7-5-12)24-11(3)8-18-17-20-15-14(9-19-22-15)16(23)21-17/h4-7,9-11H,8H2,1-3H3,(H3,18,19,20,21,22,23). The molecule has 0 radical (unpaired) electrons. The predicted octanol–water partition coefficient (Wildman–Crippen LogP) is 2.65. The Morgan fingerprint density at radius 1 is 1.21 bits per heavy atom. The topological polar surface area (TPSA) is 95.7 Å². The zero-order chi connectivity index (χ0) is 17.1. The van der Waals surface area contributed by atoms with Crippen molar-refractivity contribution in [1.29, 1.82) is 0 Å². The van der Waals surface area contributed by atoms with Crippen molar-refractivity contribution in [3.8, 4) is 5.75 Å². The van der Waals surface area contributed by atoms with Crippen molar-refractivity contribution in [1.82, 2.24) is 20.2 Å². The van der Waals surface area contributed by atoms with Crippen molar-refractivity contribution in [3.05, 3.63) is 46.4 Å². The summed E-state index contributed by atoms with van der Waals surface area (Å²) >= 11 is 0. The van der Waals surface area contributed by atoms with Gasteiger partial charge < -0.3 is 10.1 Å². The van der Waals surface area contributed by atoms with Gasteiger partial charge in [0.25, 0.3) is 5.56 Å². The van der Waals surface area contributed by atoms with Crippen LogP contribution < -0.4 is 15.6 Å². The highest BCUT2D eigenvalue weighted by Gasteiger charge is 2.08. The van der Waals surface area contributed by atoms with Crippen molar-refractivity contribution in [2.75, 3.05) is 11.9 Å². The van der Waals surface area contributed by atoms with Crippen LogP contribution in [0.15, 0.2) is 35.3 Å². The normalized spacial score (nSPS) is 12.5. The van der Waals surface area contributed by atoms with E-state index < -0.39 is 0 Å². The zero-order valence-electron chi connectivity index (χ0n) is 14.0. The molecule has 0 fully saturated rings. The van der Waals surface area contributed by atoms with Gasteiger partial charge in [-0.2, -0.15) is 10.1 Å². The lowest BCUT2D eigenvalue weighted by atomic mass is 10.0. The minimum absolute atomic E-state index is 0.0855. The quantitative estimate of drug-likeness (QED) is 0.647. The molecule has 0 saturated carbocycles. The third-order valence-electron chi connectivity index (χ3n) is 3.76. The van der Waals surface area contributed by atoms with Gasteiger partial charge in [0.05, 0.1) is 12.7 Å². The number of rotatable bonds is 6. The van der Waals surface area contributed by atoms with Gasteiger partial charge in [-0.1, -0.05) is 26.0 Å². The fourth-order valence-electron chi connectivity index (χ4n) is 2.37. The maximum Gasteiger partial charge on any atom is 0.263 e. The zero-order valence-corrected chi connectivity index (χ0v) is 14.0. The smallest absolute Gasteiger partial charge is 0.263 e. The van der Waals surface area contributed by atoms with E-state index in [9.17, 15) is 4.79 Å². The molecule has 24 heavy (non-hydrogen) atoms. The first-order valence-corrected chi connectivity index (χ1v) is 7.97. The number of nitrogens with one attached hydrogen (secondary N) is 3. The van der Waals surface area contributed by atoms with Gasteiger partial charge >= 0.3 is 0 Å². The summed E-state index contributed by atoms with van der Waals surface area (Å²) in [6, 6.07) is 8.10. The van der Waals surface area contributed by atoms with Crippen molar-refractivity contribution in [2.24, 2.45) is 0 Å². The van der Waals surface area contributed by atoms with E-state index in [4.69, 9.17) is 4.74 Å². The monoisotopic (exact) mass is 327 g/mol. The number of aromatic nitrogens is 4. The molecule has 7 nitrogen and oxygen atoms in total. The highest BCUT2D eigenvalue weighted by Crippen LogP contribution is 2.19. The molecule has 7 heteroatoms. The Labute approximate surface area is 139 Å². The van der Waals surface area contributed by atoms with Gasteiger partial charge in [-0.3, -0.25) is 14.9 Å². The fourth-order valence-corrected chi connectivity index (χ4v) is 2.37. The number of ether oxygens (including phenoxy) is 1. The van der Waals surface area contributed by atoms with Crippen LogP contribution in [0, 0.1) is 0 Å². The molecule has 126 valence electrons. The Morgan fingerprint density at radius 3 is 2.67 bits per heavy atom. The maximum absolute atomic E-state index is 11.9. The average molecular weight is 327 g/mol. The van der Waals surface area contributed by atoms with E-state index in [1.807, 2.05) is 19.1 Å². The van der Waals surface area contributed by atoms with Gasteiger partial charge in [0.2, 0.25) is 5.95 Å². The number of benzene rings is 1. The molecule has 2 heterocycles. The first-order chi connectivity index (χ1) is 11.5. The molecule has 3 N–H and O–H groups in total. The highest BCUT2D eigenvalue weighted by molar-refractivity contribution is 5.73. The summed E-state index contributed by atoms with van der Waals surface area (Å²) in [6.45, 7) is 6.78. The van der Waals surface area contributed by atoms with E-state index in [-0.39, 0.29) is 11.7 Å². The maximum atomic E-state index is 11.9. The van der Waals surface area contributed by atoms with Crippen LogP contribution in [-0.2, 0) is 0 Å². The molecule has 0 spiro atoms. The lowest BCUT2D eigenvalue weighted by molar-refractivity contribution is 0.234. The van der Waals surface area contributed by atoms with Crippen LogP contribution in [0.5, 0.6) is 5.75 Å². The molecular weight excluding hydrogens is 306 g/mol. The van der Waals surface area contributed by atoms with E-state index in [0.29, 0.717) is 29.4 Å². The van der Waals surface area contributed by atoms with Crippen LogP contribution >= 0.6 is 0 Å². The Balaban J connectivity index is 1.60. The number of fused-ring (bicyclic) bond motifs is 1. The van der Waals surface area contributed by atoms with E-state index in [1.165, 1.54) is 11.8 Å². The predicted molar refractivity (Wildman–Crippen MR) is 93.6 cm³/mol. The molecular formula is C17H21N5O2. The number of aromatic amines is 2. The number of H-pyrrole nitrogens is 2. The molecule has 0 aliphatic heterocycles. The lowest BCUT2D eigenvalue weighted by Crippen LogP contribution is -2.24. The SMILES string of the molecule is CC(CNc1nc2[nH]ncc2c(=O)[nH]1)Oc1ccc(C(C)C)cc1. The molecule has 3 rings (SSSR count). The Bertz CT molecular complexity index is 867. The second kappa shape index (κ2) is 6.74. The summed E-state index contributed by atoms with van der Waals surface area (Å²) in [5.74, 6) is 1.71. The van der Waals surface area contributed by atoms with Gasteiger partial charge in [-0.05, 0) is 30.5 Å². The van der Waals surface area contributed by atoms with Crippen LogP contribution in [-0.4, -0.2) is 32.8 Å². The number of anilines is 1. The summed E-state index contributed by atoms with van der Waals surface area (Å²) in [5.41, 5.74) is 1.51. The van der Waals surface area contributed by atoms with E-state index in [0.717, 1.165) is 5.75 Å². The second-order valence-electron chi connectivity index (χ2n) is 6.08. The van der Waals surface area contributed by atoms with Gasteiger partial charge in [0.15, 0.2) is 5.65 Å². The molecule has 0 saturated heterocycles. The first kappa shape index (κ1) is 16.0. The van der Waals surface area contributed by atoms with Crippen LogP contribution in [0.2, 0.25) is 0 Å². The number of hydrogen-bond donors (Lipinski definition) is 3. The van der Waals surface area contributed by atoms with Crippen molar-refractivity contribution in [2.45, 2.75) is 32.8 Å². The molecule has 1 unspecified atom stereocenters. The van der Waals surface area contributed by atoms with Crippen LogP contribution in [0.1, 0.15) is 32.3 Å². The van der Waals surface area contributed by atoms with E-state index in [2.05, 4.69) is 51.5 Å². The molecule has 3 aromatic rings. The fraction of sp³-hybridized carbons (Fsp3) is 0.353. The third-order valence-corrected chi connectivity index (χ3v) is 3.76. The summed E-state index contributed by atoms with van der Waals surface area (Å²) in [5, 5.41) is 10.0. The largest absolute Gasteiger partial charge is 0.489 e. The average Bonchev–Trinajstić information content (AvgIpc) is 3.02. The second-order valence-corrected chi connectivity index (χ2v) is 6.08. The number of nitrogens with zero attached hydrogens (tertiary/aromatic N) is 2. The Kier molecular flexibility index (Phi) is 4.50. The van der Waals surface area contributed by atoms with Gasteiger partial charge in [-0.15, -0.1) is 0 Å². The summed E-state index contributed by atoms with van der Waals surface area (Å²) in [6.07, 6.45) is 1.37. The summed E-state index contributed by atoms with van der Waals surface area (Å²) in [7, 11) is 0. The molecule has 0 bridgehead atoms. The minimum Gasteiger partial charge on any atom is -0.489 e. The molecule has 1 atom stereocenters. The van der Waals surface area contributed by atoms with Crippen LogP contribution in [0.4, 0.5) is 5.95 Å². The van der Waals surface area contributed by atoms with Crippen LogP contribution in [0.3, 0.4) is 0 Å².